The fraction of sp³-hybridized carbons (Fsp3) is 0.158. The molecule has 3 aromatic rings. The van der Waals surface area contributed by atoms with Gasteiger partial charge in [0.2, 0.25) is 0 Å². The highest BCUT2D eigenvalue weighted by Crippen LogP contribution is 2.11. The second kappa shape index (κ2) is 8.06. The SMILES string of the molecule is Cc1ccc(NC(=O)C(=O)NCc2ccccc2Cn2cncn2)cc1. The zero-order valence-electron chi connectivity index (χ0n) is 14.3. The highest BCUT2D eigenvalue weighted by molar-refractivity contribution is 6.39. The Labute approximate surface area is 151 Å². The molecule has 0 radical (unpaired) electrons. The van der Waals surface area contributed by atoms with Crippen LogP contribution < -0.4 is 10.6 Å². The summed E-state index contributed by atoms with van der Waals surface area (Å²) in [7, 11) is 0. The maximum Gasteiger partial charge on any atom is 0.313 e. The van der Waals surface area contributed by atoms with Gasteiger partial charge in [0.05, 0.1) is 6.54 Å². The Balaban J connectivity index is 1.59. The van der Waals surface area contributed by atoms with Crippen molar-refractivity contribution in [2.24, 2.45) is 0 Å². The van der Waals surface area contributed by atoms with Crippen LogP contribution in [-0.4, -0.2) is 26.6 Å². The Morgan fingerprint density at radius 3 is 2.42 bits per heavy atom. The molecule has 0 aliphatic rings. The molecule has 0 saturated heterocycles. The number of carbonyl (C=O) groups is 2. The van der Waals surface area contributed by atoms with Crippen LogP contribution in [0.5, 0.6) is 0 Å². The van der Waals surface area contributed by atoms with Crippen LogP contribution >= 0.6 is 0 Å². The smallest absolute Gasteiger partial charge is 0.313 e. The molecule has 0 aliphatic heterocycles. The zero-order chi connectivity index (χ0) is 18.4. The number of aromatic nitrogens is 3. The normalized spacial score (nSPS) is 10.3. The molecule has 2 amide bonds. The predicted octanol–water partition coefficient (Wildman–Crippen LogP) is 1.89. The first-order valence-corrected chi connectivity index (χ1v) is 8.17. The largest absolute Gasteiger partial charge is 0.344 e. The summed E-state index contributed by atoms with van der Waals surface area (Å²) in [5.41, 5.74) is 3.58. The molecule has 0 fully saturated rings. The zero-order valence-corrected chi connectivity index (χ0v) is 14.3. The average Bonchev–Trinajstić information content (AvgIpc) is 3.15. The van der Waals surface area contributed by atoms with Crippen molar-refractivity contribution in [1.29, 1.82) is 0 Å². The van der Waals surface area contributed by atoms with Gasteiger partial charge in [0, 0.05) is 12.2 Å². The summed E-state index contributed by atoms with van der Waals surface area (Å²) in [4.78, 5) is 28.0. The van der Waals surface area contributed by atoms with E-state index in [-0.39, 0.29) is 6.54 Å². The van der Waals surface area contributed by atoms with Crippen molar-refractivity contribution in [2.45, 2.75) is 20.0 Å². The van der Waals surface area contributed by atoms with Gasteiger partial charge in [-0.05, 0) is 30.2 Å². The Morgan fingerprint density at radius 2 is 1.73 bits per heavy atom. The van der Waals surface area contributed by atoms with Gasteiger partial charge in [-0.25, -0.2) is 9.67 Å². The van der Waals surface area contributed by atoms with E-state index in [1.807, 2.05) is 43.3 Å². The summed E-state index contributed by atoms with van der Waals surface area (Å²) in [6, 6.07) is 14.9. The van der Waals surface area contributed by atoms with Gasteiger partial charge < -0.3 is 10.6 Å². The molecule has 2 aromatic carbocycles. The molecule has 132 valence electrons. The lowest BCUT2D eigenvalue weighted by atomic mass is 10.1. The van der Waals surface area contributed by atoms with Crippen LogP contribution in [0.1, 0.15) is 16.7 Å². The third kappa shape index (κ3) is 4.54. The summed E-state index contributed by atoms with van der Waals surface area (Å²) in [5.74, 6) is -1.37. The van der Waals surface area contributed by atoms with E-state index in [0.717, 1.165) is 16.7 Å². The van der Waals surface area contributed by atoms with Crippen molar-refractivity contribution >= 4 is 17.5 Å². The number of anilines is 1. The Hall–Kier alpha value is -3.48. The van der Waals surface area contributed by atoms with Crippen molar-refractivity contribution in [3.8, 4) is 0 Å². The van der Waals surface area contributed by atoms with Crippen LogP contribution in [0, 0.1) is 6.92 Å². The first-order valence-electron chi connectivity index (χ1n) is 8.17. The number of amides is 2. The number of hydrogen-bond donors (Lipinski definition) is 2. The van der Waals surface area contributed by atoms with E-state index in [1.165, 1.54) is 6.33 Å². The number of nitrogens with zero attached hydrogens (tertiary/aromatic N) is 3. The minimum absolute atomic E-state index is 0.255. The molecule has 26 heavy (non-hydrogen) atoms. The van der Waals surface area contributed by atoms with Gasteiger partial charge in [-0.1, -0.05) is 42.0 Å². The Kier molecular flexibility index (Phi) is 5.38. The van der Waals surface area contributed by atoms with Crippen molar-refractivity contribution < 1.29 is 9.59 Å². The van der Waals surface area contributed by atoms with Crippen LogP contribution in [-0.2, 0) is 22.7 Å². The van der Waals surface area contributed by atoms with E-state index in [4.69, 9.17) is 0 Å². The summed E-state index contributed by atoms with van der Waals surface area (Å²) < 4.78 is 1.70. The number of rotatable bonds is 5. The van der Waals surface area contributed by atoms with E-state index < -0.39 is 11.8 Å². The van der Waals surface area contributed by atoms with Crippen molar-refractivity contribution in [3.63, 3.8) is 0 Å². The topological polar surface area (TPSA) is 88.9 Å². The molecule has 0 atom stereocenters. The number of carbonyl (C=O) groups excluding carboxylic acids is 2. The lowest BCUT2D eigenvalue weighted by Gasteiger charge is -2.11. The fourth-order valence-corrected chi connectivity index (χ4v) is 2.45. The van der Waals surface area contributed by atoms with E-state index in [2.05, 4.69) is 20.7 Å². The molecule has 7 nitrogen and oxygen atoms in total. The number of aryl methyl sites for hydroxylation is 1. The lowest BCUT2D eigenvalue weighted by molar-refractivity contribution is -0.136. The number of benzene rings is 2. The van der Waals surface area contributed by atoms with E-state index in [0.29, 0.717) is 12.2 Å². The first-order chi connectivity index (χ1) is 12.6. The molecule has 0 saturated carbocycles. The summed E-state index contributed by atoms with van der Waals surface area (Å²) in [5, 5.41) is 9.32. The van der Waals surface area contributed by atoms with Gasteiger partial charge in [0.15, 0.2) is 0 Å². The van der Waals surface area contributed by atoms with Crippen molar-refractivity contribution in [2.75, 3.05) is 5.32 Å². The van der Waals surface area contributed by atoms with E-state index >= 15 is 0 Å². The Bertz CT molecular complexity index is 889. The number of nitrogens with one attached hydrogen (secondary N) is 2. The van der Waals surface area contributed by atoms with Gasteiger partial charge in [0.25, 0.3) is 0 Å². The van der Waals surface area contributed by atoms with Gasteiger partial charge >= 0.3 is 11.8 Å². The minimum Gasteiger partial charge on any atom is -0.344 e. The standard InChI is InChI=1S/C19H19N5O2/c1-14-6-8-17(9-7-14)23-19(26)18(25)21-10-15-4-2-3-5-16(15)11-24-13-20-12-22-24/h2-9,12-13H,10-11H2,1H3,(H,21,25)(H,23,26). The van der Waals surface area contributed by atoms with E-state index in [9.17, 15) is 9.59 Å². The molecular formula is C19H19N5O2. The van der Waals surface area contributed by atoms with Crippen LogP contribution in [0.15, 0.2) is 61.2 Å². The highest BCUT2D eigenvalue weighted by atomic mass is 16.2. The van der Waals surface area contributed by atoms with Crippen molar-refractivity contribution in [3.05, 3.63) is 77.9 Å². The van der Waals surface area contributed by atoms with Gasteiger partial charge in [-0.15, -0.1) is 0 Å². The average molecular weight is 349 g/mol. The predicted molar refractivity (Wildman–Crippen MR) is 97.2 cm³/mol. The van der Waals surface area contributed by atoms with Crippen LogP contribution in [0.3, 0.4) is 0 Å². The first kappa shape index (κ1) is 17.3. The molecule has 0 aliphatic carbocycles. The molecule has 1 heterocycles. The molecule has 0 spiro atoms. The van der Waals surface area contributed by atoms with E-state index in [1.54, 1.807) is 23.1 Å². The minimum atomic E-state index is -0.692. The highest BCUT2D eigenvalue weighted by Gasteiger charge is 2.14. The van der Waals surface area contributed by atoms with Crippen molar-refractivity contribution in [1.82, 2.24) is 20.1 Å². The quantitative estimate of drug-likeness (QED) is 0.689. The molecule has 2 N–H and O–H groups in total. The maximum atomic E-state index is 12.1. The second-order valence-corrected chi connectivity index (χ2v) is 5.86. The molecule has 3 rings (SSSR count). The molecule has 0 bridgehead atoms. The maximum absolute atomic E-state index is 12.1. The molecule has 0 unspecified atom stereocenters. The summed E-state index contributed by atoms with van der Waals surface area (Å²) in [6.07, 6.45) is 3.10. The Morgan fingerprint density at radius 1 is 1.00 bits per heavy atom. The lowest BCUT2D eigenvalue weighted by Crippen LogP contribution is -2.35. The summed E-state index contributed by atoms with van der Waals surface area (Å²) in [6.45, 7) is 2.75. The second-order valence-electron chi connectivity index (χ2n) is 5.86. The third-order valence-corrected chi connectivity index (χ3v) is 3.87. The summed E-state index contributed by atoms with van der Waals surface area (Å²) >= 11 is 0. The molecular weight excluding hydrogens is 330 g/mol. The fourth-order valence-electron chi connectivity index (χ4n) is 2.45. The number of hydrogen-bond acceptors (Lipinski definition) is 4. The van der Waals surface area contributed by atoms with Gasteiger partial charge in [-0.2, -0.15) is 5.10 Å². The third-order valence-electron chi connectivity index (χ3n) is 3.87. The van der Waals surface area contributed by atoms with Gasteiger partial charge in [0.1, 0.15) is 12.7 Å². The van der Waals surface area contributed by atoms with Crippen LogP contribution in [0.4, 0.5) is 5.69 Å². The molecule has 1 aromatic heterocycles. The monoisotopic (exact) mass is 349 g/mol. The van der Waals surface area contributed by atoms with Crippen LogP contribution in [0.25, 0.3) is 0 Å². The molecule has 7 heteroatoms. The van der Waals surface area contributed by atoms with Crippen LogP contribution in [0.2, 0.25) is 0 Å². The van der Waals surface area contributed by atoms with Gasteiger partial charge in [-0.3, -0.25) is 9.59 Å².